The molecule has 2 N–H and O–H groups in total. The first kappa shape index (κ1) is 16.2. The molecular weight excluding hydrogens is 356 g/mol. The van der Waals surface area contributed by atoms with E-state index < -0.39 is 6.10 Å². The van der Waals surface area contributed by atoms with Crippen molar-refractivity contribution >= 4 is 22.4 Å². The van der Waals surface area contributed by atoms with E-state index in [9.17, 15) is 0 Å². The molecule has 8 heteroatoms. The summed E-state index contributed by atoms with van der Waals surface area (Å²) < 4.78 is 13.3. The first-order valence-electron chi connectivity index (χ1n) is 8.77. The van der Waals surface area contributed by atoms with E-state index in [4.69, 9.17) is 14.9 Å². The molecule has 0 unspecified atom stereocenters. The van der Waals surface area contributed by atoms with Crippen LogP contribution in [0.5, 0.6) is 5.75 Å². The van der Waals surface area contributed by atoms with Gasteiger partial charge in [-0.1, -0.05) is 30.3 Å². The quantitative estimate of drug-likeness (QED) is 0.513. The van der Waals surface area contributed by atoms with Crippen molar-refractivity contribution in [3.8, 4) is 17.0 Å². The third-order valence-corrected chi connectivity index (χ3v) is 4.49. The Morgan fingerprint density at radius 3 is 2.79 bits per heavy atom. The van der Waals surface area contributed by atoms with Gasteiger partial charge in [-0.15, -0.1) is 10.2 Å². The van der Waals surface area contributed by atoms with Crippen molar-refractivity contribution < 1.29 is 9.15 Å². The summed E-state index contributed by atoms with van der Waals surface area (Å²) in [5, 5.41) is 13.9. The molecule has 5 aromatic rings. The maximum Gasteiger partial charge on any atom is 0.205 e. The van der Waals surface area contributed by atoms with Crippen LogP contribution < -0.4 is 10.5 Å². The van der Waals surface area contributed by atoms with Crippen LogP contribution in [0.1, 0.15) is 18.9 Å². The molecule has 0 aliphatic carbocycles. The predicted octanol–water partition coefficient (Wildman–Crippen LogP) is 3.65. The molecule has 5 rings (SSSR count). The van der Waals surface area contributed by atoms with Gasteiger partial charge in [-0.3, -0.25) is 0 Å². The minimum atomic E-state index is -0.478. The first-order chi connectivity index (χ1) is 13.7. The Kier molecular flexibility index (Phi) is 3.68. The number of aromatic nitrogens is 5. The number of nitrogens with two attached hydrogens (primary N) is 1. The molecule has 28 heavy (non-hydrogen) atoms. The molecule has 4 aromatic heterocycles. The standard InChI is InChI=1S/C20H16N6O2/c1-12(28-18-17-14(9-10-27-17)11-22-19(18)21)20-24-23-16-8-7-15(25-26(16)20)13-5-3-2-4-6-13/h2-12H,1H3,(H2,21,22)/t12-/m1/s1. The Balaban J connectivity index is 1.55. The molecule has 0 amide bonds. The number of pyridine rings is 1. The van der Waals surface area contributed by atoms with Gasteiger partial charge in [0, 0.05) is 17.1 Å². The van der Waals surface area contributed by atoms with Crippen LogP contribution in [0.2, 0.25) is 0 Å². The second kappa shape index (κ2) is 6.34. The van der Waals surface area contributed by atoms with E-state index >= 15 is 0 Å². The summed E-state index contributed by atoms with van der Waals surface area (Å²) >= 11 is 0. The number of nitrogens with zero attached hydrogens (tertiary/aromatic N) is 5. The molecule has 0 aliphatic heterocycles. The SMILES string of the molecule is C[C@@H](Oc1c(N)ncc2ccoc12)c1nnc2ccc(-c3ccccc3)nn12. The lowest BCUT2D eigenvalue weighted by atomic mass is 10.1. The monoisotopic (exact) mass is 372 g/mol. The average Bonchev–Trinajstić information content (AvgIpc) is 3.37. The van der Waals surface area contributed by atoms with E-state index in [-0.39, 0.29) is 5.82 Å². The molecule has 0 saturated carbocycles. The normalized spacial score (nSPS) is 12.5. The van der Waals surface area contributed by atoms with E-state index in [1.54, 1.807) is 23.0 Å². The summed E-state index contributed by atoms with van der Waals surface area (Å²) in [5.74, 6) is 1.18. The van der Waals surface area contributed by atoms with Gasteiger partial charge in [-0.25, -0.2) is 4.98 Å². The zero-order valence-corrected chi connectivity index (χ0v) is 15.0. The minimum Gasteiger partial charge on any atom is -0.475 e. The van der Waals surface area contributed by atoms with Crippen LogP contribution in [0.25, 0.3) is 27.9 Å². The second-order valence-corrected chi connectivity index (χ2v) is 6.35. The van der Waals surface area contributed by atoms with Gasteiger partial charge in [0.1, 0.15) is 0 Å². The van der Waals surface area contributed by atoms with E-state index in [0.29, 0.717) is 22.8 Å². The highest BCUT2D eigenvalue weighted by Crippen LogP contribution is 2.34. The largest absolute Gasteiger partial charge is 0.475 e. The van der Waals surface area contributed by atoms with Gasteiger partial charge in [-0.2, -0.15) is 9.61 Å². The Morgan fingerprint density at radius 1 is 1.07 bits per heavy atom. The Labute approximate surface area is 159 Å². The molecule has 1 aromatic carbocycles. The highest BCUT2D eigenvalue weighted by Gasteiger charge is 2.21. The van der Waals surface area contributed by atoms with Crippen molar-refractivity contribution in [2.45, 2.75) is 13.0 Å². The lowest BCUT2D eigenvalue weighted by molar-refractivity contribution is 0.214. The van der Waals surface area contributed by atoms with Gasteiger partial charge in [0.2, 0.25) is 5.75 Å². The molecule has 8 nitrogen and oxygen atoms in total. The van der Waals surface area contributed by atoms with Crippen molar-refractivity contribution in [2.24, 2.45) is 0 Å². The molecule has 0 aliphatic rings. The fourth-order valence-electron chi connectivity index (χ4n) is 3.08. The summed E-state index contributed by atoms with van der Waals surface area (Å²) in [6.45, 7) is 1.86. The molecule has 0 fully saturated rings. The van der Waals surface area contributed by atoms with Crippen molar-refractivity contribution in [3.05, 3.63) is 66.8 Å². The van der Waals surface area contributed by atoms with Gasteiger partial charge < -0.3 is 14.9 Å². The zero-order valence-electron chi connectivity index (χ0n) is 15.0. The van der Waals surface area contributed by atoms with Gasteiger partial charge in [0.05, 0.1) is 12.0 Å². The lowest BCUT2D eigenvalue weighted by Gasteiger charge is -2.14. The Bertz CT molecular complexity index is 1280. The van der Waals surface area contributed by atoms with Gasteiger partial charge in [0.25, 0.3) is 0 Å². The lowest BCUT2D eigenvalue weighted by Crippen LogP contribution is -2.11. The topological polar surface area (TPSA) is 104 Å². The van der Waals surface area contributed by atoms with Crippen LogP contribution in [-0.2, 0) is 0 Å². The highest BCUT2D eigenvalue weighted by molar-refractivity contribution is 5.86. The molecule has 0 bridgehead atoms. The average molecular weight is 372 g/mol. The number of furan rings is 1. The van der Waals surface area contributed by atoms with E-state index in [1.165, 1.54) is 0 Å². The van der Waals surface area contributed by atoms with Crippen molar-refractivity contribution in [1.82, 2.24) is 24.8 Å². The second-order valence-electron chi connectivity index (χ2n) is 6.35. The highest BCUT2D eigenvalue weighted by atomic mass is 16.5. The number of anilines is 1. The summed E-state index contributed by atoms with van der Waals surface area (Å²) in [5.41, 5.74) is 9.01. The van der Waals surface area contributed by atoms with Crippen LogP contribution in [-0.4, -0.2) is 24.8 Å². The number of benzene rings is 1. The molecule has 4 heterocycles. The predicted molar refractivity (Wildman–Crippen MR) is 104 cm³/mol. The summed E-state index contributed by atoms with van der Waals surface area (Å²) in [6.07, 6.45) is 2.74. The fraction of sp³-hybridized carbons (Fsp3) is 0.100. The number of hydrogen-bond acceptors (Lipinski definition) is 7. The van der Waals surface area contributed by atoms with Crippen LogP contribution in [0.4, 0.5) is 5.82 Å². The van der Waals surface area contributed by atoms with Crippen molar-refractivity contribution in [3.63, 3.8) is 0 Å². The van der Waals surface area contributed by atoms with Crippen molar-refractivity contribution in [2.75, 3.05) is 5.73 Å². The first-order valence-corrected chi connectivity index (χ1v) is 8.77. The maximum atomic E-state index is 6.07. The van der Waals surface area contributed by atoms with Crippen LogP contribution in [0, 0.1) is 0 Å². The summed E-state index contributed by atoms with van der Waals surface area (Å²) in [4.78, 5) is 4.16. The molecule has 138 valence electrons. The summed E-state index contributed by atoms with van der Waals surface area (Å²) in [7, 11) is 0. The van der Waals surface area contributed by atoms with Crippen LogP contribution in [0.15, 0.2) is 65.4 Å². The number of rotatable bonds is 4. The fourth-order valence-corrected chi connectivity index (χ4v) is 3.08. The van der Waals surface area contributed by atoms with E-state index in [1.807, 2.05) is 49.4 Å². The minimum absolute atomic E-state index is 0.251. The zero-order chi connectivity index (χ0) is 19.1. The number of fused-ring (bicyclic) bond motifs is 2. The third kappa shape index (κ3) is 2.62. The van der Waals surface area contributed by atoms with E-state index in [2.05, 4.69) is 20.3 Å². The molecular formula is C20H16N6O2. The smallest absolute Gasteiger partial charge is 0.205 e. The molecule has 0 saturated heterocycles. The Morgan fingerprint density at radius 2 is 1.93 bits per heavy atom. The summed E-state index contributed by atoms with van der Waals surface area (Å²) in [6, 6.07) is 15.5. The van der Waals surface area contributed by atoms with Crippen LogP contribution in [0.3, 0.4) is 0 Å². The van der Waals surface area contributed by atoms with Crippen molar-refractivity contribution in [1.29, 1.82) is 0 Å². The molecule has 0 spiro atoms. The maximum absolute atomic E-state index is 6.07. The molecule has 1 atom stereocenters. The van der Waals surface area contributed by atoms with E-state index in [0.717, 1.165) is 16.6 Å². The number of ether oxygens (including phenoxy) is 1. The van der Waals surface area contributed by atoms with Gasteiger partial charge in [0.15, 0.2) is 29.0 Å². The van der Waals surface area contributed by atoms with Gasteiger partial charge >= 0.3 is 0 Å². The third-order valence-electron chi connectivity index (χ3n) is 4.49. The Hall–Kier alpha value is -3.94. The number of nitrogen functional groups attached to an aromatic ring is 1. The number of hydrogen-bond donors (Lipinski definition) is 1. The molecule has 0 radical (unpaired) electrons. The van der Waals surface area contributed by atoms with Gasteiger partial charge in [-0.05, 0) is 25.1 Å². The van der Waals surface area contributed by atoms with Crippen LogP contribution >= 0.6 is 0 Å².